The second kappa shape index (κ2) is 13.8. The summed E-state index contributed by atoms with van der Waals surface area (Å²) in [6.07, 6.45) is 11.0. The van der Waals surface area contributed by atoms with E-state index in [4.69, 9.17) is 13.6 Å². The molecule has 136 valence electrons. The van der Waals surface area contributed by atoms with E-state index in [0.717, 1.165) is 18.9 Å². The fourth-order valence-electron chi connectivity index (χ4n) is 2.36. The molecule has 0 spiro atoms. The quantitative estimate of drug-likeness (QED) is 0.182. The minimum absolute atomic E-state index is 0.272. The van der Waals surface area contributed by atoms with Crippen LogP contribution >= 0.6 is 0 Å². The maximum Gasteiger partial charge on any atom is 0.334 e. The number of carbonyl (C=O) groups is 1. The molecule has 0 atom stereocenters. The summed E-state index contributed by atoms with van der Waals surface area (Å²) in [5, 5.41) is 0. The number of esters is 1. The summed E-state index contributed by atoms with van der Waals surface area (Å²) in [7, 11) is 1.67. The van der Waals surface area contributed by atoms with Crippen LogP contribution in [-0.2, 0) is 18.4 Å². The van der Waals surface area contributed by atoms with Gasteiger partial charge in [-0.3, -0.25) is 0 Å². The summed E-state index contributed by atoms with van der Waals surface area (Å²) in [6, 6.07) is 1.09. The van der Waals surface area contributed by atoms with Crippen LogP contribution in [-0.4, -0.2) is 35.4 Å². The Hall–Kier alpha value is -0.653. The minimum Gasteiger partial charge on any atom is -0.462 e. The third kappa shape index (κ3) is 12.4. The maximum atomic E-state index is 11.2. The first-order chi connectivity index (χ1) is 10.9. The van der Waals surface area contributed by atoms with Crippen LogP contribution < -0.4 is 0 Å². The molecule has 0 radical (unpaired) electrons. The zero-order valence-corrected chi connectivity index (χ0v) is 16.6. The number of rotatable bonds is 15. The molecule has 0 saturated heterocycles. The molecular weight excluding hydrogens is 308 g/mol. The highest BCUT2D eigenvalue weighted by Gasteiger charge is 2.27. The van der Waals surface area contributed by atoms with Crippen molar-refractivity contribution in [3.05, 3.63) is 12.2 Å². The minimum atomic E-state index is -1.85. The summed E-state index contributed by atoms with van der Waals surface area (Å²) in [5.41, 5.74) is 0.476. The molecule has 23 heavy (non-hydrogen) atoms. The summed E-state index contributed by atoms with van der Waals surface area (Å²) >= 11 is 0. The predicted molar refractivity (Wildman–Crippen MR) is 97.8 cm³/mol. The topological polar surface area (TPSA) is 44.8 Å². The summed E-state index contributed by atoms with van der Waals surface area (Å²) in [4.78, 5) is 11.2. The Labute approximate surface area is 143 Å². The average molecular weight is 345 g/mol. The molecule has 5 heteroatoms. The molecule has 0 aliphatic carbocycles. The van der Waals surface area contributed by atoms with Gasteiger partial charge in [-0.25, -0.2) is 4.79 Å². The lowest BCUT2D eigenvalue weighted by molar-refractivity contribution is -0.139. The van der Waals surface area contributed by atoms with Gasteiger partial charge in [0.2, 0.25) is 0 Å². The third-order valence-electron chi connectivity index (χ3n) is 4.22. The molecule has 4 nitrogen and oxygen atoms in total. The summed E-state index contributed by atoms with van der Waals surface area (Å²) in [5.74, 6) is -0.272. The normalized spacial score (nSPS) is 11.5. The van der Waals surface area contributed by atoms with Crippen LogP contribution in [0.4, 0.5) is 0 Å². The van der Waals surface area contributed by atoms with Crippen molar-refractivity contribution in [2.45, 2.75) is 77.3 Å². The SMILES string of the molecule is C=C(C)C(=O)OCCCCCCCCCCC[Si](C)(OC)OC. The molecule has 0 aliphatic heterocycles. The molecule has 0 bridgehead atoms. The monoisotopic (exact) mass is 344 g/mol. The van der Waals surface area contributed by atoms with Crippen molar-refractivity contribution >= 4 is 14.5 Å². The van der Waals surface area contributed by atoms with Gasteiger partial charge in [0.25, 0.3) is 0 Å². The molecule has 0 fully saturated rings. The second-order valence-electron chi connectivity index (χ2n) is 6.39. The smallest absolute Gasteiger partial charge is 0.334 e. The van der Waals surface area contributed by atoms with E-state index < -0.39 is 8.56 Å². The Morgan fingerprint density at radius 3 is 1.74 bits per heavy atom. The van der Waals surface area contributed by atoms with Crippen LogP contribution in [0.15, 0.2) is 12.2 Å². The maximum absolute atomic E-state index is 11.2. The van der Waals surface area contributed by atoms with Crippen LogP contribution in [0.5, 0.6) is 0 Å². The van der Waals surface area contributed by atoms with Crippen molar-refractivity contribution in [1.82, 2.24) is 0 Å². The van der Waals surface area contributed by atoms with Gasteiger partial charge in [0.15, 0.2) is 0 Å². The Kier molecular flexibility index (Phi) is 13.4. The van der Waals surface area contributed by atoms with Gasteiger partial charge in [-0.05, 0) is 25.9 Å². The number of hydrogen-bond acceptors (Lipinski definition) is 4. The van der Waals surface area contributed by atoms with Gasteiger partial charge < -0.3 is 13.6 Å². The number of hydrogen-bond donors (Lipinski definition) is 0. The molecule has 0 N–H and O–H groups in total. The first-order valence-electron chi connectivity index (χ1n) is 8.88. The largest absolute Gasteiger partial charge is 0.462 e. The van der Waals surface area contributed by atoms with E-state index in [1.165, 1.54) is 44.9 Å². The molecule has 0 aromatic rings. The average Bonchev–Trinajstić information content (AvgIpc) is 2.55. The number of unbranched alkanes of at least 4 members (excludes halogenated alkanes) is 8. The van der Waals surface area contributed by atoms with Gasteiger partial charge in [0, 0.05) is 19.8 Å². The molecule has 0 aromatic heterocycles. The highest BCUT2D eigenvalue weighted by Crippen LogP contribution is 2.17. The predicted octanol–water partition coefficient (Wildman–Crippen LogP) is 4.98. The van der Waals surface area contributed by atoms with E-state index in [0.29, 0.717) is 12.2 Å². The van der Waals surface area contributed by atoms with Crippen LogP contribution in [0.3, 0.4) is 0 Å². The third-order valence-corrected chi connectivity index (χ3v) is 7.21. The van der Waals surface area contributed by atoms with Crippen molar-refractivity contribution in [1.29, 1.82) is 0 Å². The molecule has 0 saturated carbocycles. The van der Waals surface area contributed by atoms with Crippen molar-refractivity contribution < 1.29 is 18.4 Å². The van der Waals surface area contributed by atoms with Gasteiger partial charge in [-0.2, -0.15) is 0 Å². The van der Waals surface area contributed by atoms with Gasteiger partial charge in [0.1, 0.15) is 0 Å². The highest BCUT2D eigenvalue weighted by molar-refractivity contribution is 6.65. The zero-order chi connectivity index (χ0) is 17.6. The van der Waals surface area contributed by atoms with Crippen molar-refractivity contribution in [2.24, 2.45) is 0 Å². The van der Waals surface area contributed by atoms with Gasteiger partial charge in [-0.15, -0.1) is 0 Å². The lowest BCUT2D eigenvalue weighted by Crippen LogP contribution is -2.35. The molecule has 0 rings (SSSR count). The van der Waals surface area contributed by atoms with E-state index in [2.05, 4.69) is 13.1 Å². The Bertz CT molecular complexity index is 327. The molecule has 0 aromatic carbocycles. The zero-order valence-electron chi connectivity index (χ0n) is 15.6. The summed E-state index contributed by atoms with van der Waals surface area (Å²) < 4.78 is 16.0. The Morgan fingerprint density at radius 2 is 1.30 bits per heavy atom. The van der Waals surface area contributed by atoms with Gasteiger partial charge in [-0.1, -0.05) is 57.9 Å². The van der Waals surface area contributed by atoms with Crippen LogP contribution in [0.1, 0.15) is 64.7 Å². The van der Waals surface area contributed by atoms with Crippen molar-refractivity contribution in [3.63, 3.8) is 0 Å². The summed E-state index contributed by atoms with van der Waals surface area (Å²) in [6.45, 7) is 7.88. The molecule has 0 amide bonds. The number of carbonyl (C=O) groups excluding carboxylic acids is 1. The van der Waals surface area contributed by atoms with Crippen LogP contribution in [0.25, 0.3) is 0 Å². The first kappa shape index (κ1) is 22.3. The van der Waals surface area contributed by atoms with E-state index in [9.17, 15) is 4.79 Å². The lowest BCUT2D eigenvalue weighted by atomic mass is 10.1. The molecular formula is C18H36O4Si. The van der Waals surface area contributed by atoms with Gasteiger partial charge >= 0.3 is 14.5 Å². The second-order valence-corrected chi connectivity index (χ2v) is 9.97. The Morgan fingerprint density at radius 1 is 0.870 bits per heavy atom. The van der Waals surface area contributed by atoms with E-state index in [1.807, 2.05) is 0 Å². The molecule has 0 aliphatic rings. The Balaban J connectivity index is 3.28. The molecule has 0 heterocycles. The molecule has 0 unspecified atom stereocenters. The number of ether oxygens (including phenoxy) is 1. The van der Waals surface area contributed by atoms with E-state index in [1.54, 1.807) is 21.1 Å². The van der Waals surface area contributed by atoms with Crippen molar-refractivity contribution in [3.8, 4) is 0 Å². The highest BCUT2D eigenvalue weighted by atomic mass is 28.4. The lowest BCUT2D eigenvalue weighted by Gasteiger charge is -2.22. The fourth-order valence-corrected chi connectivity index (χ4v) is 3.83. The van der Waals surface area contributed by atoms with E-state index in [-0.39, 0.29) is 5.97 Å². The van der Waals surface area contributed by atoms with Crippen molar-refractivity contribution in [2.75, 3.05) is 20.8 Å². The standard InChI is InChI=1S/C18H36O4Si/c1-17(2)18(19)22-15-13-11-9-7-6-8-10-12-14-16-23(5,20-3)21-4/h1,6-16H2,2-5H3. The van der Waals surface area contributed by atoms with Gasteiger partial charge in [0.05, 0.1) is 6.61 Å². The first-order valence-corrected chi connectivity index (χ1v) is 11.4. The fraction of sp³-hybridized carbons (Fsp3) is 0.833. The van der Waals surface area contributed by atoms with Crippen LogP contribution in [0.2, 0.25) is 12.6 Å². The van der Waals surface area contributed by atoms with E-state index >= 15 is 0 Å². The van der Waals surface area contributed by atoms with Crippen LogP contribution in [0, 0.1) is 0 Å².